The molecule has 1 fully saturated rings. The number of aromatic nitrogens is 3. The van der Waals surface area contributed by atoms with Gasteiger partial charge in [0.05, 0.1) is 0 Å². The first kappa shape index (κ1) is 13.1. The van der Waals surface area contributed by atoms with Crippen LogP contribution in [0.25, 0.3) is 11.4 Å². The van der Waals surface area contributed by atoms with E-state index in [1.807, 2.05) is 6.07 Å². The van der Waals surface area contributed by atoms with E-state index in [9.17, 15) is 0 Å². The van der Waals surface area contributed by atoms with Crippen molar-refractivity contribution in [1.29, 1.82) is 0 Å². The molecule has 2 heterocycles. The number of aromatic amines is 1. The van der Waals surface area contributed by atoms with E-state index in [-0.39, 0.29) is 0 Å². The molecule has 1 atom stereocenters. The average Bonchev–Trinajstić information content (AvgIpc) is 2.97. The van der Waals surface area contributed by atoms with Crippen molar-refractivity contribution in [3.8, 4) is 11.4 Å². The van der Waals surface area contributed by atoms with Gasteiger partial charge in [0.2, 0.25) is 5.95 Å². The summed E-state index contributed by atoms with van der Waals surface area (Å²) in [6.07, 6.45) is 0.997. The summed E-state index contributed by atoms with van der Waals surface area (Å²) in [5.74, 6) is 1.67. The van der Waals surface area contributed by atoms with Crippen LogP contribution in [-0.4, -0.2) is 40.9 Å². The van der Waals surface area contributed by atoms with Crippen LogP contribution in [0.15, 0.2) is 24.3 Å². The third kappa shape index (κ3) is 2.54. The van der Waals surface area contributed by atoms with E-state index in [1.54, 1.807) is 0 Å². The summed E-state index contributed by atoms with van der Waals surface area (Å²) in [7, 11) is 0. The molecule has 2 aromatic rings. The number of anilines is 1. The molecular weight excluding hydrogens is 250 g/mol. The van der Waals surface area contributed by atoms with Gasteiger partial charge in [-0.2, -0.15) is 4.98 Å². The topological polar surface area (TPSA) is 56.8 Å². The van der Waals surface area contributed by atoms with Crippen molar-refractivity contribution in [2.75, 3.05) is 24.5 Å². The number of H-pyrrole nitrogens is 1. The summed E-state index contributed by atoms with van der Waals surface area (Å²) in [5.41, 5.74) is 2.45. The third-order valence-corrected chi connectivity index (χ3v) is 3.78. The predicted octanol–water partition coefficient (Wildman–Crippen LogP) is 1.83. The number of piperazine rings is 1. The highest BCUT2D eigenvalue weighted by Crippen LogP contribution is 2.22. The zero-order valence-electron chi connectivity index (χ0n) is 12.1. The number of rotatable bonds is 3. The van der Waals surface area contributed by atoms with E-state index in [1.165, 1.54) is 5.56 Å². The van der Waals surface area contributed by atoms with Crippen molar-refractivity contribution in [2.24, 2.45) is 0 Å². The Morgan fingerprint density at radius 3 is 3.00 bits per heavy atom. The van der Waals surface area contributed by atoms with Gasteiger partial charge in [-0.25, -0.2) is 0 Å². The van der Waals surface area contributed by atoms with E-state index in [0.717, 1.165) is 43.4 Å². The lowest BCUT2D eigenvalue weighted by Crippen LogP contribution is -2.49. The molecule has 2 N–H and O–H groups in total. The summed E-state index contributed by atoms with van der Waals surface area (Å²) < 4.78 is 0. The zero-order chi connectivity index (χ0) is 13.9. The standard InChI is InChI=1S/C15H21N5/c1-3-12-6-4-5-7-13(12)14-17-15(19-18-14)20-9-8-16-11(2)10-20/h4-7,11,16H,3,8-10H2,1-2H3,(H,17,18,19)/t11-/m1/s1. The molecule has 106 valence electrons. The minimum absolute atomic E-state index is 0.480. The molecule has 0 amide bonds. The van der Waals surface area contributed by atoms with Gasteiger partial charge in [-0.05, 0) is 18.9 Å². The number of hydrogen-bond acceptors (Lipinski definition) is 4. The van der Waals surface area contributed by atoms with Gasteiger partial charge in [0.1, 0.15) is 0 Å². The van der Waals surface area contributed by atoms with E-state index < -0.39 is 0 Å². The Bertz CT molecular complexity index is 577. The largest absolute Gasteiger partial charge is 0.337 e. The maximum atomic E-state index is 4.68. The Labute approximate surface area is 119 Å². The number of benzene rings is 1. The molecule has 1 aromatic heterocycles. The van der Waals surface area contributed by atoms with Crippen molar-refractivity contribution >= 4 is 5.95 Å². The highest BCUT2D eigenvalue weighted by Gasteiger charge is 2.19. The number of nitrogens with zero attached hydrogens (tertiary/aromatic N) is 3. The van der Waals surface area contributed by atoms with Gasteiger partial charge in [-0.15, -0.1) is 5.10 Å². The van der Waals surface area contributed by atoms with Gasteiger partial charge < -0.3 is 10.2 Å². The second-order valence-corrected chi connectivity index (χ2v) is 5.30. The second kappa shape index (κ2) is 5.63. The quantitative estimate of drug-likeness (QED) is 0.894. The van der Waals surface area contributed by atoms with Crippen LogP contribution >= 0.6 is 0 Å². The normalized spacial score (nSPS) is 19.3. The molecule has 1 saturated heterocycles. The fourth-order valence-corrected chi connectivity index (χ4v) is 2.69. The van der Waals surface area contributed by atoms with E-state index in [2.05, 4.69) is 57.4 Å². The zero-order valence-corrected chi connectivity index (χ0v) is 12.1. The summed E-state index contributed by atoms with van der Waals surface area (Å²) in [5, 5.41) is 10.9. The van der Waals surface area contributed by atoms with Crippen LogP contribution in [0, 0.1) is 0 Å². The molecule has 1 aromatic carbocycles. The molecular formula is C15H21N5. The molecule has 20 heavy (non-hydrogen) atoms. The Kier molecular flexibility index (Phi) is 3.69. The Balaban J connectivity index is 1.86. The lowest BCUT2D eigenvalue weighted by molar-refractivity contribution is 0.480. The molecule has 5 heteroatoms. The first-order chi connectivity index (χ1) is 9.78. The fraction of sp³-hybridized carbons (Fsp3) is 0.467. The predicted molar refractivity (Wildman–Crippen MR) is 80.9 cm³/mol. The molecule has 0 unspecified atom stereocenters. The first-order valence-electron chi connectivity index (χ1n) is 7.27. The van der Waals surface area contributed by atoms with Crippen LogP contribution < -0.4 is 10.2 Å². The molecule has 0 radical (unpaired) electrons. The van der Waals surface area contributed by atoms with Crippen LogP contribution in [0.4, 0.5) is 5.95 Å². The first-order valence-corrected chi connectivity index (χ1v) is 7.27. The molecule has 3 rings (SSSR count). The van der Waals surface area contributed by atoms with Gasteiger partial charge in [0.25, 0.3) is 0 Å². The summed E-state index contributed by atoms with van der Waals surface area (Å²) >= 11 is 0. The maximum Gasteiger partial charge on any atom is 0.245 e. The van der Waals surface area contributed by atoms with Gasteiger partial charge in [0, 0.05) is 31.2 Å². The van der Waals surface area contributed by atoms with Gasteiger partial charge in [-0.3, -0.25) is 5.10 Å². The van der Waals surface area contributed by atoms with Crippen molar-refractivity contribution < 1.29 is 0 Å². The minimum Gasteiger partial charge on any atom is -0.337 e. The highest BCUT2D eigenvalue weighted by molar-refractivity contribution is 5.61. The van der Waals surface area contributed by atoms with E-state index in [0.29, 0.717) is 6.04 Å². The lowest BCUT2D eigenvalue weighted by Gasteiger charge is -2.30. The average molecular weight is 271 g/mol. The Morgan fingerprint density at radius 2 is 2.20 bits per heavy atom. The molecule has 0 spiro atoms. The summed E-state index contributed by atoms with van der Waals surface area (Å²) in [4.78, 5) is 6.91. The molecule has 0 saturated carbocycles. The number of nitrogens with one attached hydrogen (secondary N) is 2. The fourth-order valence-electron chi connectivity index (χ4n) is 2.69. The molecule has 0 bridgehead atoms. The number of hydrogen-bond donors (Lipinski definition) is 2. The molecule has 0 aliphatic carbocycles. The molecule has 5 nitrogen and oxygen atoms in total. The number of aryl methyl sites for hydroxylation is 1. The van der Waals surface area contributed by atoms with Crippen LogP contribution in [0.2, 0.25) is 0 Å². The van der Waals surface area contributed by atoms with Crippen molar-refractivity contribution in [1.82, 2.24) is 20.5 Å². The Hall–Kier alpha value is -1.88. The highest BCUT2D eigenvalue weighted by atomic mass is 15.4. The summed E-state index contributed by atoms with van der Waals surface area (Å²) in [6.45, 7) is 7.24. The molecule has 1 aliphatic heterocycles. The van der Waals surface area contributed by atoms with Gasteiger partial charge >= 0.3 is 0 Å². The van der Waals surface area contributed by atoms with Crippen LogP contribution in [0.3, 0.4) is 0 Å². The minimum atomic E-state index is 0.480. The SMILES string of the molecule is CCc1ccccc1-c1nc(N2CCN[C@H](C)C2)n[nH]1. The lowest BCUT2D eigenvalue weighted by atomic mass is 10.1. The van der Waals surface area contributed by atoms with Gasteiger partial charge in [-0.1, -0.05) is 31.2 Å². The van der Waals surface area contributed by atoms with Crippen molar-refractivity contribution in [3.05, 3.63) is 29.8 Å². The third-order valence-electron chi connectivity index (χ3n) is 3.78. The van der Waals surface area contributed by atoms with Gasteiger partial charge in [0.15, 0.2) is 5.82 Å². The van der Waals surface area contributed by atoms with Crippen molar-refractivity contribution in [2.45, 2.75) is 26.3 Å². The smallest absolute Gasteiger partial charge is 0.245 e. The monoisotopic (exact) mass is 271 g/mol. The van der Waals surface area contributed by atoms with E-state index >= 15 is 0 Å². The van der Waals surface area contributed by atoms with Crippen LogP contribution in [-0.2, 0) is 6.42 Å². The molecule has 1 aliphatic rings. The summed E-state index contributed by atoms with van der Waals surface area (Å²) in [6, 6.07) is 8.84. The Morgan fingerprint density at radius 1 is 1.35 bits per heavy atom. The maximum absolute atomic E-state index is 4.68. The van der Waals surface area contributed by atoms with E-state index in [4.69, 9.17) is 0 Å². The second-order valence-electron chi connectivity index (χ2n) is 5.30. The van der Waals surface area contributed by atoms with Crippen LogP contribution in [0.1, 0.15) is 19.4 Å². The van der Waals surface area contributed by atoms with Crippen LogP contribution in [0.5, 0.6) is 0 Å². The van der Waals surface area contributed by atoms with Crippen molar-refractivity contribution in [3.63, 3.8) is 0 Å².